The Morgan fingerprint density at radius 2 is 1.93 bits per heavy atom. The van der Waals surface area contributed by atoms with Crippen LogP contribution in [0, 0.1) is 5.82 Å². The van der Waals surface area contributed by atoms with Gasteiger partial charge in [0.05, 0.1) is 10.8 Å². The van der Waals surface area contributed by atoms with Gasteiger partial charge in [0.15, 0.2) is 0 Å². The molecule has 4 heteroatoms. The van der Waals surface area contributed by atoms with Crippen molar-refractivity contribution < 1.29 is 8.60 Å². The molecule has 0 aliphatic heterocycles. The normalized spacial score (nSPS) is 19.3. The molecule has 1 aliphatic carbocycles. The molecule has 0 radical (unpaired) electrons. The molecule has 0 aromatic heterocycles. The van der Waals surface area contributed by atoms with Gasteiger partial charge in [-0.15, -0.1) is 0 Å². The van der Waals surface area contributed by atoms with Crippen LogP contribution in [0.2, 0.25) is 0 Å². The molecule has 0 heterocycles. The number of nitrogens with two attached hydrogens (primary N) is 1. The molecule has 15 heavy (non-hydrogen) atoms. The van der Waals surface area contributed by atoms with Crippen LogP contribution in [0.5, 0.6) is 0 Å². The molecular formula is C11H14FNOS. The van der Waals surface area contributed by atoms with E-state index in [1.165, 1.54) is 12.1 Å². The van der Waals surface area contributed by atoms with Gasteiger partial charge in [0, 0.05) is 15.8 Å². The third-order valence-electron chi connectivity index (χ3n) is 2.73. The van der Waals surface area contributed by atoms with Crippen molar-refractivity contribution in [2.24, 2.45) is 0 Å². The van der Waals surface area contributed by atoms with Gasteiger partial charge < -0.3 is 5.73 Å². The Morgan fingerprint density at radius 3 is 2.53 bits per heavy atom. The first-order valence-electron chi connectivity index (χ1n) is 5.13. The fraction of sp³-hybridized carbons (Fsp3) is 0.455. The summed E-state index contributed by atoms with van der Waals surface area (Å²) in [6, 6.07) is 4.18. The second kappa shape index (κ2) is 4.31. The lowest BCUT2D eigenvalue weighted by molar-refractivity contribution is 0.622. The first-order valence-corrected chi connectivity index (χ1v) is 6.35. The molecule has 82 valence electrons. The summed E-state index contributed by atoms with van der Waals surface area (Å²) in [4.78, 5) is 0.527. The Kier molecular flexibility index (Phi) is 3.05. The van der Waals surface area contributed by atoms with Crippen molar-refractivity contribution in [3.63, 3.8) is 0 Å². The van der Waals surface area contributed by atoms with Crippen LogP contribution in [-0.2, 0) is 10.8 Å². The van der Waals surface area contributed by atoms with E-state index in [0.717, 1.165) is 25.7 Å². The van der Waals surface area contributed by atoms with E-state index in [9.17, 15) is 8.60 Å². The first-order chi connectivity index (χ1) is 7.16. The number of hydrogen-bond donors (Lipinski definition) is 1. The standard InChI is InChI=1S/C11H14FNOS/c12-8-5-9(13)7-11(6-8)15(14)10-3-1-2-4-10/h5-7,10H,1-4,13H2. The Hall–Kier alpha value is -0.900. The largest absolute Gasteiger partial charge is 0.399 e. The minimum Gasteiger partial charge on any atom is -0.399 e. The molecule has 1 unspecified atom stereocenters. The predicted octanol–water partition coefficient (Wildman–Crippen LogP) is 2.46. The summed E-state index contributed by atoms with van der Waals surface area (Å²) in [5.74, 6) is -0.406. The molecule has 0 amide bonds. The van der Waals surface area contributed by atoms with Gasteiger partial charge in [-0.05, 0) is 31.0 Å². The third-order valence-corrected chi connectivity index (χ3v) is 4.51. The number of hydrogen-bond acceptors (Lipinski definition) is 2. The Balaban J connectivity index is 2.24. The van der Waals surface area contributed by atoms with Crippen molar-refractivity contribution in [2.45, 2.75) is 35.8 Å². The molecule has 1 fully saturated rings. The summed E-state index contributed by atoms with van der Waals surface area (Å²) in [5.41, 5.74) is 5.87. The van der Waals surface area contributed by atoms with Gasteiger partial charge in [-0.2, -0.15) is 0 Å². The second-order valence-corrected chi connectivity index (χ2v) is 5.66. The Bertz CT molecular complexity index is 368. The molecule has 2 nitrogen and oxygen atoms in total. The van der Waals surface area contributed by atoms with Crippen molar-refractivity contribution >= 4 is 16.5 Å². The summed E-state index contributed by atoms with van der Waals surface area (Å²) < 4.78 is 25.1. The molecule has 0 bridgehead atoms. The summed E-state index contributed by atoms with van der Waals surface area (Å²) >= 11 is 0. The maximum Gasteiger partial charge on any atom is 0.126 e. The summed E-state index contributed by atoms with van der Waals surface area (Å²) in [5, 5.41) is 0.186. The number of benzene rings is 1. The van der Waals surface area contributed by atoms with Crippen LogP contribution in [0.1, 0.15) is 25.7 Å². The average molecular weight is 227 g/mol. The summed E-state index contributed by atoms with van der Waals surface area (Å²) in [6.07, 6.45) is 4.20. The molecule has 0 spiro atoms. The maximum absolute atomic E-state index is 13.1. The van der Waals surface area contributed by atoms with E-state index in [4.69, 9.17) is 5.73 Å². The molecule has 1 aromatic rings. The summed E-state index contributed by atoms with van der Waals surface area (Å²) in [7, 11) is -1.10. The minimum atomic E-state index is -1.10. The highest BCUT2D eigenvalue weighted by molar-refractivity contribution is 7.85. The van der Waals surface area contributed by atoms with E-state index in [1.54, 1.807) is 6.07 Å². The van der Waals surface area contributed by atoms with Crippen LogP contribution in [-0.4, -0.2) is 9.46 Å². The molecule has 1 aliphatic rings. The van der Waals surface area contributed by atoms with Crippen molar-refractivity contribution in [3.05, 3.63) is 24.0 Å². The van der Waals surface area contributed by atoms with Gasteiger partial charge in [0.2, 0.25) is 0 Å². The predicted molar refractivity (Wildman–Crippen MR) is 59.5 cm³/mol. The monoisotopic (exact) mass is 227 g/mol. The van der Waals surface area contributed by atoms with Crippen molar-refractivity contribution in [1.82, 2.24) is 0 Å². The smallest absolute Gasteiger partial charge is 0.126 e. The number of rotatable bonds is 2. The molecule has 2 N–H and O–H groups in total. The zero-order chi connectivity index (χ0) is 10.8. The van der Waals surface area contributed by atoms with E-state index >= 15 is 0 Å². The van der Waals surface area contributed by atoms with Gasteiger partial charge in [0.1, 0.15) is 5.82 Å². The van der Waals surface area contributed by atoms with Crippen LogP contribution in [0.3, 0.4) is 0 Å². The lowest BCUT2D eigenvalue weighted by atomic mass is 10.3. The second-order valence-electron chi connectivity index (χ2n) is 3.92. The SMILES string of the molecule is Nc1cc(F)cc(S(=O)C2CCCC2)c1. The lowest BCUT2D eigenvalue weighted by Crippen LogP contribution is -2.10. The van der Waals surface area contributed by atoms with Crippen LogP contribution in [0.15, 0.2) is 23.1 Å². The van der Waals surface area contributed by atoms with Gasteiger partial charge in [-0.25, -0.2) is 4.39 Å². The van der Waals surface area contributed by atoms with Crippen LogP contribution >= 0.6 is 0 Å². The molecule has 1 aromatic carbocycles. The number of halogens is 1. The van der Waals surface area contributed by atoms with E-state index in [2.05, 4.69) is 0 Å². The summed E-state index contributed by atoms with van der Waals surface area (Å²) in [6.45, 7) is 0. The average Bonchev–Trinajstić information content (AvgIpc) is 2.67. The van der Waals surface area contributed by atoms with Gasteiger partial charge in [-0.3, -0.25) is 4.21 Å². The Morgan fingerprint density at radius 1 is 1.27 bits per heavy atom. The molecule has 2 rings (SSSR count). The van der Waals surface area contributed by atoms with E-state index < -0.39 is 16.6 Å². The zero-order valence-electron chi connectivity index (χ0n) is 8.41. The number of nitrogen functional groups attached to an aromatic ring is 1. The van der Waals surface area contributed by atoms with Gasteiger partial charge >= 0.3 is 0 Å². The highest BCUT2D eigenvalue weighted by Crippen LogP contribution is 2.27. The highest BCUT2D eigenvalue weighted by Gasteiger charge is 2.22. The van der Waals surface area contributed by atoms with E-state index in [1.807, 2.05) is 0 Å². The fourth-order valence-corrected chi connectivity index (χ4v) is 3.62. The minimum absolute atomic E-state index is 0.186. The van der Waals surface area contributed by atoms with Crippen molar-refractivity contribution in [1.29, 1.82) is 0 Å². The van der Waals surface area contributed by atoms with Crippen LogP contribution in [0.25, 0.3) is 0 Å². The molecule has 1 atom stereocenters. The first kappa shape index (κ1) is 10.6. The molecule has 0 saturated heterocycles. The molecule has 1 saturated carbocycles. The van der Waals surface area contributed by atoms with Crippen molar-refractivity contribution in [3.8, 4) is 0 Å². The van der Waals surface area contributed by atoms with Crippen LogP contribution < -0.4 is 5.73 Å². The highest BCUT2D eigenvalue weighted by atomic mass is 32.2. The fourth-order valence-electron chi connectivity index (χ4n) is 2.00. The van der Waals surface area contributed by atoms with E-state index in [0.29, 0.717) is 10.6 Å². The van der Waals surface area contributed by atoms with E-state index in [-0.39, 0.29) is 5.25 Å². The quantitative estimate of drug-likeness (QED) is 0.789. The number of anilines is 1. The van der Waals surface area contributed by atoms with Gasteiger partial charge in [0.25, 0.3) is 0 Å². The van der Waals surface area contributed by atoms with Crippen molar-refractivity contribution in [2.75, 3.05) is 5.73 Å². The topological polar surface area (TPSA) is 43.1 Å². The Labute approximate surface area is 91.1 Å². The van der Waals surface area contributed by atoms with Crippen LogP contribution in [0.4, 0.5) is 10.1 Å². The lowest BCUT2D eigenvalue weighted by Gasteiger charge is -2.09. The third kappa shape index (κ3) is 2.37. The zero-order valence-corrected chi connectivity index (χ0v) is 9.23. The molecular weight excluding hydrogens is 213 g/mol. The maximum atomic E-state index is 13.1. The van der Waals surface area contributed by atoms with Gasteiger partial charge in [-0.1, -0.05) is 12.8 Å².